The summed E-state index contributed by atoms with van der Waals surface area (Å²) in [6, 6.07) is 0.0520. The Morgan fingerprint density at radius 1 is 1.56 bits per heavy atom. The Morgan fingerprint density at radius 2 is 2.33 bits per heavy atom. The fraction of sp³-hybridized carbons (Fsp3) is 0.727. The topological polar surface area (TPSA) is 76.3 Å². The van der Waals surface area contributed by atoms with E-state index in [0.29, 0.717) is 17.3 Å². The molecule has 2 rings (SSSR count). The van der Waals surface area contributed by atoms with E-state index in [2.05, 4.69) is 4.98 Å². The predicted molar refractivity (Wildman–Crippen MR) is 72.1 cm³/mol. The molecule has 7 heteroatoms. The summed E-state index contributed by atoms with van der Waals surface area (Å²) in [5, 5.41) is 0.779. The van der Waals surface area contributed by atoms with E-state index in [1.54, 1.807) is 4.31 Å². The van der Waals surface area contributed by atoms with Gasteiger partial charge in [0.25, 0.3) is 10.0 Å². The zero-order chi connectivity index (χ0) is 13.2. The minimum atomic E-state index is -3.38. The number of rotatable bonds is 4. The predicted octanol–water partition coefficient (Wildman–Crippen LogP) is 1.34. The van der Waals surface area contributed by atoms with Crippen LogP contribution in [0, 0.1) is 6.92 Å². The molecule has 1 fully saturated rings. The number of aromatic nitrogens is 1. The van der Waals surface area contributed by atoms with Crippen molar-refractivity contribution in [1.29, 1.82) is 0 Å². The third-order valence-corrected chi connectivity index (χ3v) is 6.54. The molecule has 0 radical (unpaired) electrons. The van der Waals surface area contributed by atoms with Crippen molar-refractivity contribution < 1.29 is 8.42 Å². The molecule has 0 spiro atoms. The van der Waals surface area contributed by atoms with E-state index in [4.69, 9.17) is 5.73 Å². The summed E-state index contributed by atoms with van der Waals surface area (Å²) >= 11 is 1.24. The first kappa shape index (κ1) is 13.9. The average Bonchev–Trinajstić information content (AvgIpc) is 2.78. The van der Waals surface area contributed by atoms with Crippen molar-refractivity contribution in [3.63, 3.8) is 0 Å². The maximum atomic E-state index is 12.5. The Bertz CT molecular complexity index is 496. The van der Waals surface area contributed by atoms with E-state index in [9.17, 15) is 8.42 Å². The first-order valence-electron chi connectivity index (χ1n) is 6.20. The summed E-state index contributed by atoms with van der Waals surface area (Å²) in [6.45, 7) is 2.94. The molecule has 102 valence electrons. The van der Waals surface area contributed by atoms with Gasteiger partial charge in [-0.1, -0.05) is 6.42 Å². The second-order valence-corrected chi connectivity index (χ2v) is 7.89. The lowest BCUT2D eigenvalue weighted by Crippen LogP contribution is -2.44. The highest BCUT2D eigenvalue weighted by molar-refractivity contribution is 7.91. The monoisotopic (exact) mass is 289 g/mol. The SMILES string of the molecule is Cc1ncc(S(=O)(=O)N2CCCCC2CCN)s1. The van der Waals surface area contributed by atoms with Crippen LogP contribution in [0.1, 0.15) is 30.7 Å². The van der Waals surface area contributed by atoms with Crippen molar-refractivity contribution in [2.24, 2.45) is 5.73 Å². The standard InChI is InChI=1S/C11H19N3O2S2/c1-9-13-8-11(17-9)18(15,16)14-7-3-2-4-10(14)5-6-12/h8,10H,2-7,12H2,1H3. The molecule has 18 heavy (non-hydrogen) atoms. The molecule has 1 aliphatic heterocycles. The summed E-state index contributed by atoms with van der Waals surface area (Å²) in [7, 11) is -3.38. The average molecular weight is 289 g/mol. The minimum Gasteiger partial charge on any atom is -0.330 e. The van der Waals surface area contributed by atoms with Crippen LogP contribution in [0.3, 0.4) is 0 Å². The van der Waals surface area contributed by atoms with Gasteiger partial charge in [-0.15, -0.1) is 11.3 Å². The maximum absolute atomic E-state index is 12.5. The number of thiazole rings is 1. The highest BCUT2D eigenvalue weighted by Gasteiger charge is 2.34. The molecule has 0 aromatic carbocycles. The Balaban J connectivity index is 2.27. The number of sulfonamides is 1. The molecule has 0 amide bonds. The lowest BCUT2D eigenvalue weighted by Gasteiger charge is -2.34. The van der Waals surface area contributed by atoms with Gasteiger partial charge in [-0.05, 0) is 32.7 Å². The number of aryl methyl sites for hydroxylation is 1. The third-order valence-electron chi connectivity index (χ3n) is 3.24. The zero-order valence-electron chi connectivity index (χ0n) is 10.5. The largest absolute Gasteiger partial charge is 0.330 e. The lowest BCUT2D eigenvalue weighted by molar-refractivity contribution is 0.243. The van der Waals surface area contributed by atoms with Crippen LogP contribution >= 0.6 is 11.3 Å². The molecular formula is C11H19N3O2S2. The summed E-state index contributed by atoms with van der Waals surface area (Å²) in [4.78, 5) is 4.04. The van der Waals surface area contributed by atoms with Crippen molar-refractivity contribution in [2.75, 3.05) is 13.1 Å². The van der Waals surface area contributed by atoms with Gasteiger partial charge in [-0.2, -0.15) is 4.31 Å². The highest BCUT2D eigenvalue weighted by atomic mass is 32.2. The van der Waals surface area contributed by atoms with Gasteiger partial charge in [0, 0.05) is 12.6 Å². The van der Waals surface area contributed by atoms with Crippen molar-refractivity contribution in [3.05, 3.63) is 11.2 Å². The van der Waals surface area contributed by atoms with E-state index < -0.39 is 10.0 Å². The van der Waals surface area contributed by atoms with Crippen LogP contribution in [0.4, 0.5) is 0 Å². The number of nitrogens with two attached hydrogens (primary N) is 1. The number of hydrogen-bond donors (Lipinski definition) is 1. The summed E-state index contributed by atoms with van der Waals surface area (Å²) in [6.07, 6.45) is 5.12. The van der Waals surface area contributed by atoms with Crippen LogP contribution in [-0.2, 0) is 10.0 Å². The molecule has 0 aliphatic carbocycles. The van der Waals surface area contributed by atoms with Crippen molar-refractivity contribution >= 4 is 21.4 Å². The van der Waals surface area contributed by atoms with E-state index in [-0.39, 0.29) is 6.04 Å². The van der Waals surface area contributed by atoms with Gasteiger partial charge in [0.05, 0.1) is 11.2 Å². The number of piperidine rings is 1. The molecule has 5 nitrogen and oxygen atoms in total. The molecule has 2 heterocycles. The second-order valence-electron chi connectivity index (χ2n) is 4.54. The Hall–Kier alpha value is -0.500. The highest BCUT2D eigenvalue weighted by Crippen LogP contribution is 2.29. The third kappa shape index (κ3) is 2.74. The second kappa shape index (κ2) is 5.64. The molecule has 1 aliphatic rings. The first-order chi connectivity index (χ1) is 8.55. The van der Waals surface area contributed by atoms with Gasteiger partial charge >= 0.3 is 0 Å². The molecule has 1 aromatic heterocycles. The van der Waals surface area contributed by atoms with Crippen LogP contribution in [0.5, 0.6) is 0 Å². The molecule has 1 aromatic rings. The van der Waals surface area contributed by atoms with Crippen molar-refractivity contribution in [3.8, 4) is 0 Å². The van der Waals surface area contributed by atoms with Crippen LogP contribution in [0.15, 0.2) is 10.4 Å². The summed E-state index contributed by atoms with van der Waals surface area (Å²) in [5.74, 6) is 0. The Labute approximate surface area is 112 Å². The van der Waals surface area contributed by atoms with Gasteiger partial charge in [-0.25, -0.2) is 13.4 Å². The fourth-order valence-electron chi connectivity index (χ4n) is 2.35. The summed E-state index contributed by atoms with van der Waals surface area (Å²) < 4.78 is 27.1. The van der Waals surface area contributed by atoms with E-state index in [1.807, 2.05) is 6.92 Å². The first-order valence-corrected chi connectivity index (χ1v) is 8.45. The van der Waals surface area contributed by atoms with Gasteiger partial charge < -0.3 is 5.73 Å². The van der Waals surface area contributed by atoms with Gasteiger partial charge in [0.1, 0.15) is 0 Å². The van der Waals surface area contributed by atoms with E-state index in [0.717, 1.165) is 30.7 Å². The molecule has 0 saturated carbocycles. The van der Waals surface area contributed by atoms with Crippen molar-refractivity contribution in [2.45, 2.75) is 42.9 Å². The molecule has 2 N–H and O–H groups in total. The van der Waals surface area contributed by atoms with Crippen LogP contribution < -0.4 is 5.73 Å². The molecule has 0 bridgehead atoms. The fourth-order valence-corrected chi connectivity index (χ4v) is 5.31. The molecular weight excluding hydrogens is 270 g/mol. The van der Waals surface area contributed by atoms with Crippen LogP contribution in [0.2, 0.25) is 0 Å². The van der Waals surface area contributed by atoms with Crippen molar-refractivity contribution in [1.82, 2.24) is 9.29 Å². The lowest BCUT2D eigenvalue weighted by atomic mass is 10.0. The maximum Gasteiger partial charge on any atom is 0.254 e. The molecule has 1 unspecified atom stereocenters. The minimum absolute atomic E-state index is 0.0520. The van der Waals surface area contributed by atoms with Gasteiger partial charge in [0.15, 0.2) is 4.21 Å². The van der Waals surface area contributed by atoms with E-state index >= 15 is 0 Å². The smallest absolute Gasteiger partial charge is 0.254 e. The normalized spacial score (nSPS) is 22.2. The number of nitrogens with zero attached hydrogens (tertiary/aromatic N) is 2. The number of hydrogen-bond acceptors (Lipinski definition) is 5. The van der Waals surface area contributed by atoms with E-state index in [1.165, 1.54) is 17.5 Å². The Morgan fingerprint density at radius 3 is 2.94 bits per heavy atom. The van der Waals surface area contributed by atoms with Gasteiger partial charge in [-0.3, -0.25) is 0 Å². The van der Waals surface area contributed by atoms with Crippen LogP contribution in [0.25, 0.3) is 0 Å². The zero-order valence-corrected chi connectivity index (χ0v) is 12.1. The van der Waals surface area contributed by atoms with Gasteiger partial charge in [0.2, 0.25) is 0 Å². The summed E-state index contributed by atoms with van der Waals surface area (Å²) in [5.41, 5.74) is 5.58. The molecule has 1 saturated heterocycles. The quantitative estimate of drug-likeness (QED) is 0.907. The Kier molecular flexibility index (Phi) is 4.37. The molecule has 1 atom stereocenters. The van der Waals surface area contributed by atoms with Crippen LogP contribution in [-0.4, -0.2) is 36.8 Å².